The molecular weight excluding hydrogens is 546 g/mol. The van der Waals surface area contributed by atoms with E-state index in [9.17, 15) is 22.4 Å². The number of hydrogen-bond acceptors (Lipinski definition) is 5. The number of alkyl halides is 3. The smallest absolute Gasteiger partial charge is 0.490 e. The Balaban J connectivity index is 0.000000493. The highest BCUT2D eigenvalue weighted by molar-refractivity contribution is 5.89. The third-order valence-electron chi connectivity index (χ3n) is 8.18. The number of fused-ring (bicyclic) bond motifs is 1. The summed E-state index contributed by atoms with van der Waals surface area (Å²) in [5, 5.41) is 13.1. The molecule has 0 radical (unpaired) electrons. The van der Waals surface area contributed by atoms with Gasteiger partial charge in [0.15, 0.2) is 11.5 Å². The van der Waals surface area contributed by atoms with Crippen molar-refractivity contribution >= 4 is 17.7 Å². The van der Waals surface area contributed by atoms with Gasteiger partial charge >= 0.3 is 18.2 Å². The van der Waals surface area contributed by atoms with Gasteiger partial charge in [0.05, 0.1) is 14.2 Å². The molecule has 3 unspecified atom stereocenters. The van der Waals surface area contributed by atoms with Gasteiger partial charge < -0.3 is 25.2 Å². The molecule has 1 aliphatic heterocycles. The van der Waals surface area contributed by atoms with Crippen molar-refractivity contribution in [3.8, 4) is 11.5 Å². The average molecular weight is 582 g/mol. The molecule has 1 saturated heterocycles. The second-order valence-corrected chi connectivity index (χ2v) is 10.8. The number of carboxylic acid groups (broad SMARTS) is 1. The number of benzene rings is 2. The highest BCUT2D eigenvalue weighted by Gasteiger charge is 2.52. The molecule has 224 valence electrons. The summed E-state index contributed by atoms with van der Waals surface area (Å²) < 4.78 is 56.3. The van der Waals surface area contributed by atoms with E-state index in [0.717, 1.165) is 56.2 Å². The highest BCUT2D eigenvalue weighted by atomic mass is 19.4. The number of carbonyl (C=O) groups is 2. The molecule has 5 rings (SSSR count). The van der Waals surface area contributed by atoms with Crippen LogP contribution in [0.4, 0.5) is 28.0 Å². The predicted molar refractivity (Wildman–Crippen MR) is 144 cm³/mol. The number of hydrogen-bond donors (Lipinski definition) is 3. The maximum atomic E-state index is 13.5. The summed E-state index contributed by atoms with van der Waals surface area (Å²) in [6.07, 6.45) is 1.48. The van der Waals surface area contributed by atoms with Crippen LogP contribution in [0.1, 0.15) is 44.1 Å². The fourth-order valence-electron chi connectivity index (χ4n) is 6.03. The number of methoxy groups -OCH3 is 2. The van der Waals surface area contributed by atoms with Gasteiger partial charge in [-0.2, -0.15) is 13.2 Å². The van der Waals surface area contributed by atoms with Gasteiger partial charge in [-0.25, -0.2) is 14.0 Å². The number of amides is 2. The minimum atomic E-state index is -5.08. The lowest BCUT2D eigenvalue weighted by Crippen LogP contribution is -2.53. The van der Waals surface area contributed by atoms with E-state index in [-0.39, 0.29) is 23.3 Å². The normalized spacial score (nSPS) is 24.0. The molecule has 0 spiro atoms. The first kappa shape index (κ1) is 30.4. The Bertz CT molecular complexity index is 1240. The fraction of sp³-hybridized carbons (Fsp3) is 0.517. The largest absolute Gasteiger partial charge is 0.493 e. The van der Waals surface area contributed by atoms with E-state index in [1.165, 1.54) is 30.5 Å². The van der Waals surface area contributed by atoms with Crippen LogP contribution >= 0.6 is 0 Å². The van der Waals surface area contributed by atoms with E-state index in [1.54, 1.807) is 26.4 Å². The topological polar surface area (TPSA) is 100 Å². The molecule has 3 N–H and O–H groups in total. The predicted octanol–water partition coefficient (Wildman–Crippen LogP) is 5.57. The van der Waals surface area contributed by atoms with Crippen molar-refractivity contribution in [2.24, 2.45) is 5.92 Å². The van der Waals surface area contributed by atoms with Crippen molar-refractivity contribution in [2.45, 2.75) is 62.2 Å². The Morgan fingerprint density at radius 3 is 2.37 bits per heavy atom. The molecule has 3 aliphatic rings. The molecule has 2 aliphatic carbocycles. The number of aliphatic carboxylic acids is 1. The van der Waals surface area contributed by atoms with E-state index in [2.05, 4.69) is 27.7 Å². The third kappa shape index (κ3) is 7.41. The number of urea groups is 1. The Morgan fingerprint density at radius 1 is 1.05 bits per heavy atom. The van der Waals surface area contributed by atoms with Crippen molar-refractivity contribution in [1.29, 1.82) is 0 Å². The minimum Gasteiger partial charge on any atom is -0.493 e. The number of likely N-dealkylation sites (tertiary alicyclic amines) is 1. The summed E-state index contributed by atoms with van der Waals surface area (Å²) in [5.41, 5.74) is 1.81. The van der Waals surface area contributed by atoms with Gasteiger partial charge in [-0.3, -0.25) is 4.90 Å². The number of anilines is 1. The minimum absolute atomic E-state index is 0.0473. The van der Waals surface area contributed by atoms with Gasteiger partial charge in [0, 0.05) is 29.7 Å². The summed E-state index contributed by atoms with van der Waals surface area (Å²) in [7, 11) is 3.35. The van der Waals surface area contributed by atoms with Crippen molar-refractivity contribution in [3.05, 3.63) is 53.8 Å². The van der Waals surface area contributed by atoms with E-state index >= 15 is 0 Å². The second-order valence-electron chi connectivity index (χ2n) is 10.8. The molecule has 2 aromatic rings. The zero-order valence-electron chi connectivity index (χ0n) is 23.0. The maximum Gasteiger partial charge on any atom is 0.490 e. The van der Waals surface area contributed by atoms with Crippen LogP contribution in [-0.4, -0.2) is 67.6 Å². The first-order chi connectivity index (χ1) is 19.4. The zero-order valence-corrected chi connectivity index (χ0v) is 23.0. The van der Waals surface area contributed by atoms with Gasteiger partial charge in [0.2, 0.25) is 0 Å². The standard InChI is InChI=1S/C27H34FN3O3.C2HF3O2/c1-33-23-9-8-19(14-24(23)34-2)27-11-10-22(16-25(27)31(13-12-27)17-18-6-7-18)30-26(32)29-21-5-3-4-20(28)15-21;3-2(4,5)1(6)7/h3-5,8-9,14-15,18,22,25H,6-7,10-13,16-17H2,1-2H3,(H2,29,30,32);(H,6,7). The van der Waals surface area contributed by atoms with E-state index in [4.69, 9.17) is 19.4 Å². The molecule has 0 bridgehead atoms. The Labute approximate surface area is 236 Å². The molecule has 3 atom stereocenters. The van der Waals surface area contributed by atoms with Gasteiger partial charge in [-0.05, 0) is 86.9 Å². The van der Waals surface area contributed by atoms with E-state index in [0.29, 0.717) is 11.7 Å². The molecular formula is C29H35F4N3O5. The fourth-order valence-corrected chi connectivity index (χ4v) is 6.03. The Kier molecular flexibility index (Phi) is 9.31. The molecule has 2 amide bonds. The van der Waals surface area contributed by atoms with Crippen molar-refractivity contribution < 1.29 is 41.7 Å². The number of nitrogens with zero attached hydrogens (tertiary/aromatic N) is 1. The van der Waals surface area contributed by atoms with Gasteiger partial charge in [0.25, 0.3) is 0 Å². The Morgan fingerprint density at radius 2 is 1.76 bits per heavy atom. The lowest BCUT2D eigenvalue weighted by atomic mass is 9.65. The van der Waals surface area contributed by atoms with Crippen LogP contribution in [0.5, 0.6) is 11.5 Å². The highest BCUT2D eigenvalue weighted by Crippen LogP contribution is 2.51. The SMILES string of the molecule is COc1ccc(C23CCC(NC(=O)Nc4cccc(F)c4)CC2N(CC2CC2)CC3)cc1OC.O=C(O)C(F)(F)F. The molecule has 8 nitrogen and oxygen atoms in total. The van der Waals surface area contributed by atoms with Crippen LogP contribution in [0.2, 0.25) is 0 Å². The zero-order chi connectivity index (χ0) is 29.8. The first-order valence-electron chi connectivity index (χ1n) is 13.5. The van der Waals surface area contributed by atoms with Crippen molar-refractivity contribution in [2.75, 3.05) is 32.6 Å². The first-order valence-corrected chi connectivity index (χ1v) is 13.5. The Hall–Kier alpha value is -3.54. The summed E-state index contributed by atoms with van der Waals surface area (Å²) in [4.78, 5) is 24.2. The number of carboxylic acids is 1. The molecule has 2 saturated carbocycles. The number of halogens is 4. The van der Waals surface area contributed by atoms with Crippen LogP contribution in [0.25, 0.3) is 0 Å². The van der Waals surface area contributed by atoms with Crippen LogP contribution < -0.4 is 20.1 Å². The summed E-state index contributed by atoms with van der Waals surface area (Å²) in [5.74, 6) is -0.796. The lowest BCUT2D eigenvalue weighted by molar-refractivity contribution is -0.192. The maximum absolute atomic E-state index is 13.5. The lowest BCUT2D eigenvalue weighted by Gasteiger charge is -2.45. The van der Waals surface area contributed by atoms with E-state index < -0.39 is 12.1 Å². The van der Waals surface area contributed by atoms with Gasteiger partial charge in [0.1, 0.15) is 5.82 Å². The van der Waals surface area contributed by atoms with Crippen LogP contribution in [0.3, 0.4) is 0 Å². The van der Waals surface area contributed by atoms with Gasteiger partial charge in [-0.1, -0.05) is 12.1 Å². The molecule has 12 heteroatoms. The molecule has 1 heterocycles. The molecule has 41 heavy (non-hydrogen) atoms. The second kappa shape index (κ2) is 12.5. The molecule has 3 fully saturated rings. The van der Waals surface area contributed by atoms with Crippen LogP contribution in [0.15, 0.2) is 42.5 Å². The van der Waals surface area contributed by atoms with E-state index in [1.807, 2.05) is 6.07 Å². The molecule has 2 aromatic carbocycles. The quantitative estimate of drug-likeness (QED) is 0.370. The molecule has 0 aromatic heterocycles. The number of nitrogens with one attached hydrogen (secondary N) is 2. The van der Waals surface area contributed by atoms with Crippen LogP contribution in [-0.2, 0) is 10.2 Å². The van der Waals surface area contributed by atoms with Crippen molar-refractivity contribution in [1.82, 2.24) is 10.2 Å². The van der Waals surface area contributed by atoms with Crippen LogP contribution in [0, 0.1) is 11.7 Å². The summed E-state index contributed by atoms with van der Waals surface area (Å²) >= 11 is 0. The van der Waals surface area contributed by atoms with Gasteiger partial charge in [-0.15, -0.1) is 0 Å². The number of carbonyl (C=O) groups excluding carboxylic acids is 1. The number of ether oxygens (including phenoxy) is 2. The van der Waals surface area contributed by atoms with Crippen molar-refractivity contribution in [3.63, 3.8) is 0 Å². The summed E-state index contributed by atoms with van der Waals surface area (Å²) in [6.45, 7) is 2.22. The average Bonchev–Trinajstić information content (AvgIpc) is 3.68. The summed E-state index contributed by atoms with van der Waals surface area (Å²) in [6, 6.07) is 12.5. The third-order valence-corrected chi connectivity index (χ3v) is 8.18. The monoisotopic (exact) mass is 581 g/mol. The number of rotatable bonds is 7.